The zero-order chi connectivity index (χ0) is 23.3. The normalized spacial score (nSPS) is 18.4. The zero-order valence-corrected chi connectivity index (χ0v) is 19.9. The fourth-order valence-electron chi connectivity index (χ4n) is 5.13. The summed E-state index contributed by atoms with van der Waals surface area (Å²) in [6.07, 6.45) is 6.78. The number of rotatable bonds is 8. The Morgan fingerprint density at radius 2 is 1.76 bits per heavy atom. The first kappa shape index (κ1) is 22.7. The fourth-order valence-corrected chi connectivity index (χ4v) is 5.13. The van der Waals surface area contributed by atoms with Crippen LogP contribution in [0.2, 0.25) is 0 Å². The van der Waals surface area contributed by atoms with Gasteiger partial charge in [-0.25, -0.2) is 0 Å². The standard InChI is InChI=1S/C27H34N6O.H2/c1-28-27(34)23-12-10-21(11-13-23)18-25(32-16-14-31(15-17-32)24-8-5-9-24)26-30-29-20-33(26)19-22-6-3-2-4-7-22;/h2-4,6-7,10-13,20,24-25H,5,8-9,14-19H2,1H3,(H,28,34);1H. The molecule has 1 unspecified atom stereocenters. The van der Waals surface area contributed by atoms with Crippen LogP contribution in [0.25, 0.3) is 0 Å². The van der Waals surface area contributed by atoms with Gasteiger partial charge in [0, 0.05) is 46.3 Å². The molecule has 34 heavy (non-hydrogen) atoms. The number of aromatic nitrogens is 3. The molecule has 1 aromatic heterocycles. The van der Waals surface area contributed by atoms with Crippen molar-refractivity contribution in [2.24, 2.45) is 0 Å². The van der Waals surface area contributed by atoms with Crippen LogP contribution in [0.4, 0.5) is 0 Å². The molecule has 5 rings (SSSR count). The Balaban J connectivity index is 0.00000289. The predicted octanol–water partition coefficient (Wildman–Crippen LogP) is 3.39. The van der Waals surface area contributed by atoms with E-state index in [2.05, 4.69) is 66.3 Å². The highest BCUT2D eigenvalue weighted by molar-refractivity contribution is 5.93. The first-order valence-electron chi connectivity index (χ1n) is 12.4. The first-order valence-corrected chi connectivity index (χ1v) is 12.4. The summed E-state index contributed by atoms with van der Waals surface area (Å²) in [6.45, 7) is 5.07. The molecule has 1 aliphatic heterocycles. The number of piperazine rings is 1. The summed E-state index contributed by atoms with van der Waals surface area (Å²) in [4.78, 5) is 17.2. The van der Waals surface area contributed by atoms with Crippen LogP contribution in [0, 0.1) is 0 Å². The minimum absolute atomic E-state index is 0. The van der Waals surface area contributed by atoms with Crippen LogP contribution in [0.15, 0.2) is 60.9 Å². The molecule has 7 heteroatoms. The van der Waals surface area contributed by atoms with E-state index >= 15 is 0 Å². The summed E-state index contributed by atoms with van der Waals surface area (Å²) in [5.41, 5.74) is 3.13. The Morgan fingerprint density at radius 1 is 1.03 bits per heavy atom. The number of benzene rings is 2. The maximum Gasteiger partial charge on any atom is 0.251 e. The minimum Gasteiger partial charge on any atom is -0.355 e. The Morgan fingerprint density at radius 3 is 2.41 bits per heavy atom. The van der Waals surface area contributed by atoms with Gasteiger partial charge in [-0.3, -0.25) is 14.6 Å². The largest absolute Gasteiger partial charge is 0.355 e. The van der Waals surface area contributed by atoms with Gasteiger partial charge < -0.3 is 9.88 Å². The lowest BCUT2D eigenvalue weighted by atomic mass is 9.91. The lowest BCUT2D eigenvalue weighted by Gasteiger charge is -2.44. The van der Waals surface area contributed by atoms with Crippen LogP contribution in [0.3, 0.4) is 0 Å². The number of carbonyl (C=O) groups excluding carboxylic acids is 1. The summed E-state index contributed by atoms with van der Waals surface area (Å²) in [6, 6.07) is 19.4. The highest BCUT2D eigenvalue weighted by Gasteiger charge is 2.32. The molecule has 2 heterocycles. The monoisotopic (exact) mass is 460 g/mol. The minimum atomic E-state index is -0.0576. The van der Waals surface area contributed by atoms with Crippen LogP contribution in [0.5, 0.6) is 0 Å². The Kier molecular flexibility index (Phi) is 7.02. The van der Waals surface area contributed by atoms with Gasteiger partial charge in [-0.1, -0.05) is 48.9 Å². The molecule has 0 radical (unpaired) electrons. The van der Waals surface area contributed by atoms with Crippen LogP contribution in [0.1, 0.15) is 54.0 Å². The van der Waals surface area contributed by atoms with Gasteiger partial charge in [0.15, 0.2) is 5.82 Å². The van der Waals surface area contributed by atoms with E-state index in [0.29, 0.717) is 5.56 Å². The second kappa shape index (κ2) is 10.5. The molecule has 2 fully saturated rings. The summed E-state index contributed by atoms with van der Waals surface area (Å²) in [5.74, 6) is 0.953. The van der Waals surface area contributed by atoms with Gasteiger partial charge in [0.2, 0.25) is 0 Å². The second-order valence-electron chi connectivity index (χ2n) is 9.46. The summed E-state index contributed by atoms with van der Waals surface area (Å²) in [7, 11) is 1.66. The van der Waals surface area contributed by atoms with Crippen LogP contribution in [-0.4, -0.2) is 69.7 Å². The number of hydrogen-bond acceptors (Lipinski definition) is 5. The summed E-state index contributed by atoms with van der Waals surface area (Å²) in [5, 5.41) is 11.6. The molecule has 1 saturated heterocycles. The molecule has 0 spiro atoms. The van der Waals surface area contributed by atoms with Crippen molar-refractivity contribution < 1.29 is 6.22 Å². The van der Waals surface area contributed by atoms with Crippen molar-refractivity contribution in [2.45, 2.75) is 44.3 Å². The van der Waals surface area contributed by atoms with Crippen molar-refractivity contribution >= 4 is 5.91 Å². The Bertz CT molecular complexity index is 1070. The quantitative estimate of drug-likeness (QED) is 0.558. The van der Waals surface area contributed by atoms with Gasteiger partial charge in [-0.05, 0) is 42.5 Å². The molecule has 2 aliphatic rings. The molecule has 1 aliphatic carbocycles. The third-order valence-electron chi connectivity index (χ3n) is 7.39. The van der Waals surface area contributed by atoms with E-state index in [1.807, 2.05) is 24.5 Å². The maximum absolute atomic E-state index is 12.0. The average molecular weight is 461 g/mol. The molecule has 180 valence electrons. The van der Waals surface area contributed by atoms with Gasteiger partial charge in [-0.15, -0.1) is 10.2 Å². The molecule has 1 N–H and O–H groups in total. The highest BCUT2D eigenvalue weighted by atomic mass is 16.1. The molecule has 1 saturated carbocycles. The Hall–Kier alpha value is -3.03. The maximum atomic E-state index is 12.0. The topological polar surface area (TPSA) is 66.3 Å². The number of nitrogens with one attached hydrogen (secondary N) is 1. The van der Waals surface area contributed by atoms with Gasteiger partial charge in [0.05, 0.1) is 12.6 Å². The summed E-state index contributed by atoms with van der Waals surface area (Å²) < 4.78 is 2.19. The average Bonchev–Trinajstić information content (AvgIpc) is 3.30. The fraction of sp³-hybridized carbons (Fsp3) is 0.444. The number of amides is 1. The van der Waals surface area contributed by atoms with E-state index in [4.69, 9.17) is 0 Å². The van der Waals surface area contributed by atoms with Gasteiger partial charge in [0.1, 0.15) is 6.33 Å². The molecule has 1 atom stereocenters. The van der Waals surface area contributed by atoms with Crippen molar-refractivity contribution in [2.75, 3.05) is 33.2 Å². The van der Waals surface area contributed by atoms with Gasteiger partial charge >= 0.3 is 0 Å². The predicted molar refractivity (Wildman–Crippen MR) is 135 cm³/mol. The highest BCUT2D eigenvalue weighted by Crippen LogP contribution is 2.29. The SMILES string of the molecule is CNC(=O)c1ccc(CC(c2nncn2Cc2ccccc2)N2CCN(C3CCC3)CC2)cc1.[HH]. The number of carbonyl (C=O) groups is 1. The van der Waals surface area contributed by atoms with Crippen molar-refractivity contribution in [3.8, 4) is 0 Å². The van der Waals surface area contributed by atoms with E-state index in [0.717, 1.165) is 51.0 Å². The van der Waals surface area contributed by atoms with Crippen LogP contribution < -0.4 is 5.32 Å². The third kappa shape index (κ3) is 5.05. The van der Waals surface area contributed by atoms with Crippen molar-refractivity contribution in [1.82, 2.24) is 29.9 Å². The Labute approximate surface area is 203 Å². The van der Waals surface area contributed by atoms with E-state index in [1.54, 1.807) is 7.05 Å². The molecule has 2 aromatic carbocycles. The smallest absolute Gasteiger partial charge is 0.251 e. The van der Waals surface area contributed by atoms with E-state index < -0.39 is 0 Å². The van der Waals surface area contributed by atoms with Gasteiger partial charge in [0.25, 0.3) is 5.91 Å². The van der Waals surface area contributed by atoms with Crippen LogP contribution >= 0.6 is 0 Å². The molecular formula is C27H36N6O. The van der Waals surface area contributed by atoms with E-state index in [1.165, 1.54) is 30.4 Å². The molecule has 1 amide bonds. The van der Waals surface area contributed by atoms with E-state index in [-0.39, 0.29) is 13.4 Å². The summed E-state index contributed by atoms with van der Waals surface area (Å²) >= 11 is 0. The molecule has 3 aromatic rings. The van der Waals surface area contributed by atoms with Crippen LogP contribution in [-0.2, 0) is 13.0 Å². The van der Waals surface area contributed by atoms with Gasteiger partial charge in [-0.2, -0.15) is 0 Å². The second-order valence-corrected chi connectivity index (χ2v) is 9.46. The molecule has 7 nitrogen and oxygen atoms in total. The third-order valence-corrected chi connectivity index (χ3v) is 7.39. The lowest BCUT2D eigenvalue weighted by molar-refractivity contribution is 0.0397. The van der Waals surface area contributed by atoms with Crippen molar-refractivity contribution in [1.29, 1.82) is 0 Å². The lowest BCUT2D eigenvalue weighted by Crippen LogP contribution is -2.53. The van der Waals surface area contributed by atoms with E-state index in [9.17, 15) is 4.79 Å². The first-order chi connectivity index (χ1) is 16.7. The molecule has 0 bridgehead atoms. The van der Waals surface area contributed by atoms with Crippen molar-refractivity contribution in [3.63, 3.8) is 0 Å². The van der Waals surface area contributed by atoms with Crippen molar-refractivity contribution in [3.05, 3.63) is 83.4 Å². The molecular weight excluding hydrogens is 424 g/mol. The zero-order valence-electron chi connectivity index (χ0n) is 19.9. The number of nitrogens with zero attached hydrogens (tertiary/aromatic N) is 5. The number of hydrogen-bond donors (Lipinski definition) is 1.